The number of rotatable bonds is 3. The van der Waals surface area contributed by atoms with Gasteiger partial charge in [-0.3, -0.25) is 0 Å². The number of halogens is 1. The maximum atomic E-state index is 13.6. The SMILES string of the molecule is Cc1cn(-c2ccc(/C=C3\CC4(CSC4)CN4C3=NNCC4c3ccc(F)cc3)c3ncsc23)cn1. The van der Waals surface area contributed by atoms with Crippen LogP contribution in [-0.4, -0.2) is 49.9 Å². The summed E-state index contributed by atoms with van der Waals surface area (Å²) >= 11 is 3.67. The molecule has 0 bridgehead atoms. The van der Waals surface area contributed by atoms with Crippen molar-refractivity contribution >= 4 is 45.2 Å². The maximum Gasteiger partial charge on any atom is 0.152 e. The molecule has 182 valence electrons. The molecule has 1 spiro atoms. The molecule has 0 amide bonds. The van der Waals surface area contributed by atoms with E-state index in [1.807, 2.05) is 48.9 Å². The Labute approximate surface area is 216 Å². The Balaban J connectivity index is 1.31. The van der Waals surface area contributed by atoms with Crippen LogP contribution in [0.1, 0.15) is 29.3 Å². The molecule has 3 aliphatic rings. The first-order valence-corrected chi connectivity index (χ1v) is 14.1. The molecular formula is C27H25FN6S2. The minimum atomic E-state index is -0.205. The molecule has 0 saturated carbocycles. The number of nitrogens with one attached hydrogen (secondary N) is 1. The van der Waals surface area contributed by atoms with Gasteiger partial charge in [0.15, 0.2) is 5.84 Å². The second-order valence-electron chi connectivity index (χ2n) is 9.96. The molecule has 2 saturated heterocycles. The number of hydrogen-bond donors (Lipinski definition) is 1. The summed E-state index contributed by atoms with van der Waals surface area (Å²) in [6.45, 7) is 3.69. The molecule has 1 N–H and O–H groups in total. The molecule has 0 radical (unpaired) electrons. The number of hydrogen-bond acceptors (Lipinski definition) is 7. The molecular weight excluding hydrogens is 491 g/mol. The lowest BCUT2D eigenvalue weighted by Gasteiger charge is -2.53. The lowest BCUT2D eigenvalue weighted by atomic mass is 9.78. The molecule has 36 heavy (non-hydrogen) atoms. The number of amidine groups is 1. The van der Waals surface area contributed by atoms with Crippen LogP contribution in [0.4, 0.5) is 4.39 Å². The summed E-state index contributed by atoms with van der Waals surface area (Å²) in [5, 5.41) is 4.80. The maximum absolute atomic E-state index is 13.6. The van der Waals surface area contributed by atoms with E-state index in [1.54, 1.807) is 23.5 Å². The van der Waals surface area contributed by atoms with Crippen LogP contribution in [0.2, 0.25) is 0 Å². The highest BCUT2D eigenvalue weighted by atomic mass is 32.2. The number of aromatic nitrogens is 3. The summed E-state index contributed by atoms with van der Waals surface area (Å²) in [4.78, 5) is 11.6. The van der Waals surface area contributed by atoms with Gasteiger partial charge in [-0.05, 0) is 48.8 Å². The first-order chi connectivity index (χ1) is 17.6. The molecule has 7 rings (SSSR count). The van der Waals surface area contributed by atoms with E-state index >= 15 is 0 Å². The summed E-state index contributed by atoms with van der Waals surface area (Å²) < 4.78 is 16.9. The van der Waals surface area contributed by atoms with Gasteiger partial charge in [-0.15, -0.1) is 11.3 Å². The summed E-state index contributed by atoms with van der Waals surface area (Å²) in [5.74, 6) is 3.10. The summed E-state index contributed by atoms with van der Waals surface area (Å²) in [6, 6.07) is 11.4. The minimum absolute atomic E-state index is 0.121. The van der Waals surface area contributed by atoms with Crippen molar-refractivity contribution < 1.29 is 4.39 Å². The fraction of sp³-hybridized carbons (Fsp3) is 0.296. The largest absolute Gasteiger partial charge is 0.345 e. The lowest BCUT2D eigenvalue weighted by molar-refractivity contribution is 0.173. The smallest absolute Gasteiger partial charge is 0.152 e. The van der Waals surface area contributed by atoms with Gasteiger partial charge < -0.3 is 14.9 Å². The van der Waals surface area contributed by atoms with Crippen LogP contribution in [0.25, 0.3) is 22.0 Å². The number of hydrazone groups is 1. The number of thioether (sulfide) groups is 1. The highest BCUT2D eigenvalue weighted by Crippen LogP contribution is 2.49. The quantitative estimate of drug-likeness (QED) is 0.395. The van der Waals surface area contributed by atoms with Crippen LogP contribution in [0.15, 0.2) is 65.1 Å². The zero-order valence-corrected chi connectivity index (χ0v) is 21.4. The van der Waals surface area contributed by atoms with E-state index in [0.29, 0.717) is 6.54 Å². The fourth-order valence-electron chi connectivity index (χ4n) is 5.57. The van der Waals surface area contributed by atoms with Gasteiger partial charge in [0.1, 0.15) is 5.82 Å². The molecule has 2 fully saturated rings. The predicted octanol–water partition coefficient (Wildman–Crippen LogP) is 5.41. The molecule has 1 unspecified atom stereocenters. The number of benzene rings is 2. The number of nitrogens with zero attached hydrogens (tertiary/aromatic N) is 5. The Morgan fingerprint density at radius 3 is 2.75 bits per heavy atom. The van der Waals surface area contributed by atoms with Crippen LogP contribution in [0.5, 0.6) is 0 Å². The molecule has 1 atom stereocenters. The van der Waals surface area contributed by atoms with Crippen molar-refractivity contribution in [2.45, 2.75) is 19.4 Å². The third kappa shape index (κ3) is 3.64. The van der Waals surface area contributed by atoms with Gasteiger partial charge >= 0.3 is 0 Å². The summed E-state index contributed by atoms with van der Waals surface area (Å²) in [6.07, 6.45) is 7.19. The Morgan fingerprint density at radius 2 is 2.00 bits per heavy atom. The standard InChI is InChI=1S/C27H25FN6S2/c1-17-11-33(15-29-17)22-7-4-19(24-25(22)36-16-30-24)8-20-9-27(13-35-14-27)12-34-23(10-31-32-26(20)34)18-2-5-21(28)6-3-18/h2-8,11,15-16,23,31H,9-10,12-14H2,1H3/b20-8+. The van der Waals surface area contributed by atoms with Gasteiger partial charge in [-0.25, -0.2) is 14.4 Å². The van der Waals surface area contributed by atoms with E-state index in [2.05, 4.69) is 38.1 Å². The predicted molar refractivity (Wildman–Crippen MR) is 145 cm³/mol. The highest BCUT2D eigenvalue weighted by molar-refractivity contribution is 8.00. The topological polar surface area (TPSA) is 58.3 Å². The number of thiazole rings is 1. The molecule has 0 aliphatic carbocycles. The van der Waals surface area contributed by atoms with Crippen molar-refractivity contribution in [3.63, 3.8) is 0 Å². The minimum Gasteiger partial charge on any atom is -0.345 e. The Morgan fingerprint density at radius 1 is 1.14 bits per heavy atom. The van der Waals surface area contributed by atoms with E-state index in [1.165, 1.54) is 5.57 Å². The van der Waals surface area contributed by atoms with Crippen molar-refractivity contribution in [3.05, 3.63) is 82.6 Å². The van der Waals surface area contributed by atoms with E-state index in [9.17, 15) is 4.39 Å². The van der Waals surface area contributed by atoms with Crippen LogP contribution in [0.3, 0.4) is 0 Å². The zero-order chi connectivity index (χ0) is 24.3. The lowest BCUT2D eigenvalue weighted by Crippen LogP contribution is -2.57. The number of piperidine rings is 1. The van der Waals surface area contributed by atoms with Crippen LogP contribution >= 0.6 is 23.1 Å². The van der Waals surface area contributed by atoms with E-state index in [-0.39, 0.29) is 17.3 Å². The van der Waals surface area contributed by atoms with Gasteiger partial charge in [0.2, 0.25) is 0 Å². The summed E-state index contributed by atoms with van der Waals surface area (Å²) in [5.41, 5.74) is 12.0. The molecule has 4 aromatic rings. The second kappa shape index (κ2) is 8.45. The normalized spacial score (nSPS) is 21.8. The van der Waals surface area contributed by atoms with Crippen molar-refractivity contribution in [1.29, 1.82) is 0 Å². The second-order valence-corrected chi connectivity index (χ2v) is 11.8. The third-order valence-electron chi connectivity index (χ3n) is 7.36. The Hall–Kier alpha value is -3.17. The first-order valence-electron chi connectivity index (χ1n) is 12.1. The molecule has 9 heteroatoms. The van der Waals surface area contributed by atoms with Gasteiger partial charge in [-0.1, -0.05) is 18.2 Å². The van der Waals surface area contributed by atoms with Crippen molar-refractivity contribution in [2.24, 2.45) is 10.5 Å². The first kappa shape index (κ1) is 22.1. The van der Waals surface area contributed by atoms with Gasteiger partial charge in [-0.2, -0.15) is 16.9 Å². The van der Waals surface area contributed by atoms with Crippen molar-refractivity contribution in [1.82, 2.24) is 24.9 Å². The van der Waals surface area contributed by atoms with Crippen molar-refractivity contribution in [2.75, 3.05) is 24.6 Å². The highest BCUT2D eigenvalue weighted by Gasteiger charge is 2.47. The molecule has 2 aromatic carbocycles. The van der Waals surface area contributed by atoms with Crippen LogP contribution < -0.4 is 5.43 Å². The third-order valence-corrected chi connectivity index (χ3v) is 9.84. The van der Waals surface area contributed by atoms with E-state index in [0.717, 1.165) is 63.0 Å². The van der Waals surface area contributed by atoms with Crippen LogP contribution in [0, 0.1) is 18.2 Å². The van der Waals surface area contributed by atoms with Gasteiger partial charge in [0.25, 0.3) is 0 Å². The van der Waals surface area contributed by atoms with Gasteiger partial charge in [0, 0.05) is 35.2 Å². The monoisotopic (exact) mass is 516 g/mol. The Bertz CT molecular complexity index is 1510. The van der Waals surface area contributed by atoms with E-state index < -0.39 is 0 Å². The molecule has 6 nitrogen and oxygen atoms in total. The fourth-order valence-corrected chi connectivity index (χ4v) is 7.58. The number of imidazole rings is 1. The Kier molecular flexibility index (Phi) is 5.18. The summed E-state index contributed by atoms with van der Waals surface area (Å²) in [7, 11) is 0. The number of fused-ring (bicyclic) bond motifs is 2. The van der Waals surface area contributed by atoms with E-state index in [4.69, 9.17) is 10.1 Å². The molecule has 5 heterocycles. The van der Waals surface area contributed by atoms with Gasteiger partial charge in [0.05, 0.1) is 46.0 Å². The average Bonchev–Trinajstić information content (AvgIpc) is 3.53. The molecule has 3 aliphatic heterocycles. The van der Waals surface area contributed by atoms with Crippen LogP contribution in [-0.2, 0) is 0 Å². The number of aryl methyl sites for hydroxylation is 1. The van der Waals surface area contributed by atoms with Crippen molar-refractivity contribution in [3.8, 4) is 5.69 Å². The zero-order valence-electron chi connectivity index (χ0n) is 19.8. The molecule has 2 aromatic heterocycles. The average molecular weight is 517 g/mol.